The van der Waals surface area contributed by atoms with E-state index in [0.717, 1.165) is 12.8 Å². The lowest BCUT2D eigenvalue weighted by Crippen LogP contribution is -2.35. The summed E-state index contributed by atoms with van der Waals surface area (Å²) in [5, 5.41) is 5.58. The quantitative estimate of drug-likeness (QED) is 0.711. The van der Waals surface area contributed by atoms with Crippen molar-refractivity contribution in [2.24, 2.45) is 0 Å². The number of halogens is 1. The molecule has 0 aliphatic carbocycles. The van der Waals surface area contributed by atoms with E-state index in [1.165, 1.54) is 12.1 Å². The zero-order chi connectivity index (χ0) is 20.6. The molecule has 1 fully saturated rings. The van der Waals surface area contributed by atoms with Gasteiger partial charge in [0.05, 0.1) is 17.4 Å². The van der Waals surface area contributed by atoms with E-state index in [1.807, 2.05) is 0 Å². The summed E-state index contributed by atoms with van der Waals surface area (Å²) in [5.41, 5.74) is 0.720. The average molecular weight is 400 g/mol. The smallest absolute Gasteiger partial charge is 0.265 e. The van der Waals surface area contributed by atoms with Gasteiger partial charge in [-0.25, -0.2) is 4.39 Å². The SMILES string of the molecule is CC[C@@H](Oc1ccccc1F)C(=O)Nc1ccccc1C(=O)NC[C@@H]1CCCO1. The molecule has 2 aromatic carbocycles. The molecule has 3 rings (SSSR count). The lowest BCUT2D eigenvalue weighted by Gasteiger charge is -2.19. The van der Waals surface area contributed by atoms with Crippen LogP contribution in [0.5, 0.6) is 5.75 Å². The van der Waals surface area contributed by atoms with Crippen molar-refractivity contribution in [1.29, 1.82) is 0 Å². The molecular weight excluding hydrogens is 375 g/mol. The number of nitrogens with one attached hydrogen (secondary N) is 2. The molecule has 0 bridgehead atoms. The molecule has 1 saturated heterocycles. The first-order chi connectivity index (χ1) is 14.1. The largest absolute Gasteiger partial charge is 0.478 e. The van der Waals surface area contributed by atoms with Crippen LogP contribution >= 0.6 is 0 Å². The molecule has 1 aliphatic heterocycles. The van der Waals surface area contributed by atoms with Crippen LogP contribution in [0, 0.1) is 5.82 Å². The molecule has 0 unspecified atom stereocenters. The first kappa shape index (κ1) is 20.8. The lowest BCUT2D eigenvalue weighted by molar-refractivity contribution is -0.122. The van der Waals surface area contributed by atoms with E-state index in [9.17, 15) is 14.0 Å². The van der Waals surface area contributed by atoms with E-state index >= 15 is 0 Å². The normalized spacial score (nSPS) is 16.8. The van der Waals surface area contributed by atoms with Crippen LogP contribution in [-0.4, -0.2) is 37.2 Å². The average Bonchev–Trinajstić information content (AvgIpc) is 3.25. The first-order valence-corrected chi connectivity index (χ1v) is 9.79. The standard InChI is InChI=1S/C22H25FN2O4/c1-2-19(29-20-12-6-4-10-17(20)23)22(27)25-18-11-5-3-9-16(18)21(26)24-14-15-8-7-13-28-15/h3-6,9-12,15,19H,2,7-8,13-14H2,1H3,(H,24,26)(H,25,27)/t15-,19+/m0/s1. The Balaban J connectivity index is 1.66. The number of benzene rings is 2. The first-order valence-electron chi connectivity index (χ1n) is 9.79. The number of carbonyl (C=O) groups is 2. The number of ether oxygens (including phenoxy) is 2. The van der Waals surface area contributed by atoms with Crippen LogP contribution in [0.2, 0.25) is 0 Å². The maximum absolute atomic E-state index is 13.8. The van der Waals surface area contributed by atoms with E-state index in [2.05, 4.69) is 10.6 Å². The fourth-order valence-electron chi connectivity index (χ4n) is 3.13. The number of hydrogen-bond acceptors (Lipinski definition) is 4. The van der Waals surface area contributed by atoms with Crippen LogP contribution in [0.3, 0.4) is 0 Å². The zero-order valence-electron chi connectivity index (χ0n) is 16.3. The highest BCUT2D eigenvalue weighted by Crippen LogP contribution is 2.20. The predicted molar refractivity (Wildman–Crippen MR) is 107 cm³/mol. The van der Waals surface area contributed by atoms with Crippen molar-refractivity contribution in [3.8, 4) is 5.75 Å². The molecule has 6 nitrogen and oxygen atoms in total. The van der Waals surface area contributed by atoms with Gasteiger partial charge in [-0.15, -0.1) is 0 Å². The van der Waals surface area contributed by atoms with Crippen molar-refractivity contribution in [3.05, 3.63) is 59.9 Å². The summed E-state index contributed by atoms with van der Waals surface area (Å²) in [6.07, 6.45) is 1.39. The summed E-state index contributed by atoms with van der Waals surface area (Å²) in [4.78, 5) is 25.3. The molecule has 2 N–H and O–H groups in total. The molecule has 1 heterocycles. The maximum atomic E-state index is 13.8. The van der Waals surface area contributed by atoms with Crippen LogP contribution in [-0.2, 0) is 9.53 Å². The number of amides is 2. The third kappa shape index (κ3) is 5.54. The van der Waals surface area contributed by atoms with E-state index in [-0.39, 0.29) is 17.8 Å². The summed E-state index contributed by atoms with van der Waals surface area (Å²) in [5.74, 6) is -1.26. The zero-order valence-corrected chi connectivity index (χ0v) is 16.3. The third-order valence-electron chi connectivity index (χ3n) is 4.71. The Hall–Kier alpha value is -2.93. The highest BCUT2D eigenvalue weighted by molar-refractivity contribution is 6.04. The van der Waals surface area contributed by atoms with Crippen molar-refractivity contribution in [1.82, 2.24) is 5.32 Å². The van der Waals surface area contributed by atoms with Crippen molar-refractivity contribution >= 4 is 17.5 Å². The highest BCUT2D eigenvalue weighted by atomic mass is 19.1. The van der Waals surface area contributed by atoms with E-state index < -0.39 is 17.8 Å². The Kier molecular flexibility index (Phi) is 7.19. The van der Waals surface area contributed by atoms with Gasteiger partial charge in [0.15, 0.2) is 17.7 Å². The van der Waals surface area contributed by atoms with Gasteiger partial charge in [0.1, 0.15) is 0 Å². The molecule has 154 valence electrons. The molecule has 0 radical (unpaired) electrons. The summed E-state index contributed by atoms with van der Waals surface area (Å²) in [6, 6.07) is 12.7. The fourth-order valence-corrected chi connectivity index (χ4v) is 3.13. The number of anilines is 1. The molecule has 2 atom stereocenters. The second kappa shape index (κ2) is 10.0. The lowest BCUT2D eigenvalue weighted by atomic mass is 10.1. The third-order valence-corrected chi connectivity index (χ3v) is 4.71. The van der Waals surface area contributed by atoms with Gasteiger partial charge in [-0.3, -0.25) is 9.59 Å². The molecule has 0 aromatic heterocycles. The molecular formula is C22H25FN2O4. The van der Waals surface area contributed by atoms with Gasteiger partial charge >= 0.3 is 0 Å². The highest BCUT2D eigenvalue weighted by Gasteiger charge is 2.23. The Morgan fingerprint density at radius 1 is 1.21 bits per heavy atom. The summed E-state index contributed by atoms with van der Waals surface area (Å²) < 4.78 is 24.9. The van der Waals surface area contributed by atoms with Gasteiger partial charge in [0, 0.05) is 13.2 Å². The van der Waals surface area contributed by atoms with Crippen LogP contribution in [0.1, 0.15) is 36.5 Å². The molecule has 1 aliphatic rings. The van der Waals surface area contributed by atoms with Crippen LogP contribution in [0.15, 0.2) is 48.5 Å². The monoisotopic (exact) mass is 400 g/mol. The molecule has 7 heteroatoms. The van der Waals surface area contributed by atoms with Gasteiger partial charge in [0.25, 0.3) is 11.8 Å². The number of carbonyl (C=O) groups excluding carboxylic acids is 2. The summed E-state index contributed by atoms with van der Waals surface area (Å²) >= 11 is 0. The van der Waals surface area contributed by atoms with Crippen molar-refractivity contribution in [2.75, 3.05) is 18.5 Å². The molecule has 2 aromatic rings. The minimum atomic E-state index is -0.894. The Labute approximate surface area is 169 Å². The van der Waals surface area contributed by atoms with Crippen LogP contribution in [0.25, 0.3) is 0 Å². The molecule has 2 amide bonds. The minimum absolute atomic E-state index is 0.0112. The molecule has 0 saturated carbocycles. The van der Waals surface area contributed by atoms with Crippen LogP contribution < -0.4 is 15.4 Å². The van der Waals surface area contributed by atoms with Crippen molar-refractivity contribution < 1.29 is 23.5 Å². The second-order valence-electron chi connectivity index (χ2n) is 6.83. The van der Waals surface area contributed by atoms with Gasteiger partial charge < -0.3 is 20.1 Å². The predicted octanol–water partition coefficient (Wildman–Crippen LogP) is 3.53. The molecule has 29 heavy (non-hydrogen) atoms. The Morgan fingerprint density at radius 2 is 1.97 bits per heavy atom. The number of rotatable bonds is 8. The van der Waals surface area contributed by atoms with E-state index in [4.69, 9.17) is 9.47 Å². The summed E-state index contributed by atoms with van der Waals surface area (Å²) in [7, 11) is 0. The van der Waals surface area contributed by atoms with E-state index in [1.54, 1.807) is 43.3 Å². The van der Waals surface area contributed by atoms with Crippen LogP contribution in [0.4, 0.5) is 10.1 Å². The topological polar surface area (TPSA) is 76.7 Å². The van der Waals surface area contributed by atoms with E-state index in [0.29, 0.717) is 30.8 Å². The summed E-state index contributed by atoms with van der Waals surface area (Å²) in [6.45, 7) is 2.91. The number of hydrogen-bond donors (Lipinski definition) is 2. The maximum Gasteiger partial charge on any atom is 0.265 e. The molecule has 0 spiro atoms. The number of para-hydroxylation sites is 2. The van der Waals surface area contributed by atoms with Gasteiger partial charge in [0.2, 0.25) is 0 Å². The Bertz CT molecular complexity index is 852. The second-order valence-corrected chi connectivity index (χ2v) is 6.83. The minimum Gasteiger partial charge on any atom is -0.478 e. The van der Waals surface area contributed by atoms with Gasteiger partial charge in [-0.2, -0.15) is 0 Å². The van der Waals surface area contributed by atoms with Crippen molar-refractivity contribution in [3.63, 3.8) is 0 Å². The Morgan fingerprint density at radius 3 is 2.69 bits per heavy atom. The van der Waals surface area contributed by atoms with Gasteiger partial charge in [-0.05, 0) is 43.5 Å². The van der Waals surface area contributed by atoms with Gasteiger partial charge in [-0.1, -0.05) is 31.2 Å². The fraction of sp³-hybridized carbons (Fsp3) is 0.364. The van der Waals surface area contributed by atoms with Crippen molar-refractivity contribution in [2.45, 2.75) is 38.4 Å².